The maximum absolute atomic E-state index is 12.0. The second-order valence-corrected chi connectivity index (χ2v) is 5.68. The fourth-order valence-corrected chi connectivity index (χ4v) is 1.80. The van der Waals surface area contributed by atoms with Crippen molar-refractivity contribution in [3.63, 3.8) is 0 Å². The van der Waals surface area contributed by atoms with E-state index in [1.165, 1.54) is 0 Å². The minimum absolute atomic E-state index is 0.718. The van der Waals surface area contributed by atoms with Crippen LogP contribution in [-0.2, 0) is 28.8 Å². The van der Waals surface area contributed by atoms with E-state index in [0.29, 0.717) is 0 Å². The molecule has 0 bridgehead atoms. The lowest BCUT2D eigenvalue weighted by molar-refractivity contribution is -0.147. The summed E-state index contributed by atoms with van der Waals surface area (Å²) in [5.74, 6) is -7.50. The van der Waals surface area contributed by atoms with Crippen molar-refractivity contribution < 1.29 is 49.2 Å². The zero-order chi connectivity index (χ0) is 22.0. The van der Waals surface area contributed by atoms with Crippen LogP contribution < -0.4 is 21.7 Å². The molecule has 0 heterocycles. The number of aliphatic hydroxyl groups excluding tert-OH is 1. The summed E-state index contributed by atoms with van der Waals surface area (Å²) < 4.78 is 0. The van der Waals surface area contributed by atoms with Gasteiger partial charge >= 0.3 is 17.9 Å². The first-order chi connectivity index (χ1) is 12.9. The summed E-state index contributed by atoms with van der Waals surface area (Å²) in [5, 5.41) is 41.3. The van der Waals surface area contributed by atoms with Crippen LogP contribution >= 0.6 is 0 Å². The van der Waals surface area contributed by atoms with Crippen LogP contribution in [0.25, 0.3) is 0 Å². The number of amides is 3. The first-order valence-electron chi connectivity index (χ1n) is 7.83. The van der Waals surface area contributed by atoms with Crippen LogP contribution in [0.4, 0.5) is 0 Å². The molecule has 0 aromatic carbocycles. The zero-order valence-electron chi connectivity index (χ0n) is 14.7. The summed E-state index contributed by atoms with van der Waals surface area (Å²) in [6.07, 6.45) is -1.61. The van der Waals surface area contributed by atoms with Crippen molar-refractivity contribution in [1.29, 1.82) is 0 Å². The van der Waals surface area contributed by atoms with E-state index in [-0.39, 0.29) is 0 Å². The van der Waals surface area contributed by atoms with E-state index >= 15 is 0 Å². The lowest BCUT2D eigenvalue weighted by Gasteiger charge is -2.21. The van der Waals surface area contributed by atoms with Crippen molar-refractivity contribution in [3.8, 4) is 0 Å². The molecule has 0 saturated carbocycles. The second kappa shape index (κ2) is 11.5. The average Bonchev–Trinajstić information content (AvgIpc) is 2.57. The summed E-state index contributed by atoms with van der Waals surface area (Å²) in [4.78, 5) is 67.7. The van der Waals surface area contributed by atoms with E-state index in [9.17, 15) is 33.9 Å². The zero-order valence-corrected chi connectivity index (χ0v) is 14.7. The van der Waals surface area contributed by atoms with Gasteiger partial charge in [-0.05, 0) is 6.92 Å². The van der Waals surface area contributed by atoms with E-state index in [4.69, 9.17) is 21.1 Å². The number of aliphatic carboxylic acids is 3. The molecule has 0 fully saturated rings. The molecule has 0 aromatic rings. The molecule has 0 spiro atoms. The average molecular weight is 406 g/mol. The predicted molar refractivity (Wildman–Crippen MR) is 88.7 cm³/mol. The Labute approximate surface area is 158 Å². The highest BCUT2D eigenvalue weighted by Gasteiger charge is 2.29. The second-order valence-electron chi connectivity index (χ2n) is 5.68. The molecule has 0 aliphatic rings. The SMILES string of the molecule is CC(NC(=O)C(CO)NC(=O)C(N)CC(=O)O)C(=O)NC(CC(=O)O)C(=O)O. The van der Waals surface area contributed by atoms with Crippen molar-refractivity contribution in [1.82, 2.24) is 16.0 Å². The van der Waals surface area contributed by atoms with Gasteiger partial charge in [0.15, 0.2) is 0 Å². The molecule has 0 rings (SSSR count). The molecule has 14 nitrogen and oxygen atoms in total. The van der Waals surface area contributed by atoms with E-state index < -0.39 is 79.2 Å². The maximum Gasteiger partial charge on any atom is 0.326 e. The van der Waals surface area contributed by atoms with Crippen LogP contribution in [0, 0.1) is 0 Å². The Morgan fingerprint density at radius 2 is 1.29 bits per heavy atom. The van der Waals surface area contributed by atoms with Gasteiger partial charge in [-0.3, -0.25) is 24.0 Å². The molecule has 14 heteroatoms. The predicted octanol–water partition coefficient (Wildman–Crippen LogP) is -4.19. The number of carbonyl (C=O) groups excluding carboxylic acids is 3. The number of nitrogens with two attached hydrogens (primary N) is 1. The summed E-state index contributed by atoms with van der Waals surface area (Å²) in [5.41, 5.74) is 5.32. The number of nitrogens with one attached hydrogen (secondary N) is 3. The molecule has 3 amide bonds. The number of rotatable bonds is 12. The highest BCUT2D eigenvalue weighted by molar-refractivity contribution is 5.95. The number of carboxylic acids is 3. The topological polar surface area (TPSA) is 245 Å². The van der Waals surface area contributed by atoms with Gasteiger partial charge < -0.3 is 42.1 Å². The molecule has 158 valence electrons. The monoisotopic (exact) mass is 406 g/mol. The summed E-state index contributed by atoms with van der Waals surface area (Å²) in [6.45, 7) is 0.252. The minimum Gasteiger partial charge on any atom is -0.481 e. The first kappa shape index (κ1) is 24.7. The van der Waals surface area contributed by atoms with Gasteiger partial charge in [0.25, 0.3) is 0 Å². The lowest BCUT2D eigenvalue weighted by atomic mass is 10.1. The first-order valence-corrected chi connectivity index (χ1v) is 7.83. The van der Waals surface area contributed by atoms with Gasteiger partial charge in [-0.1, -0.05) is 0 Å². The Bertz CT molecular complexity index is 638. The Morgan fingerprint density at radius 1 is 0.786 bits per heavy atom. The largest absolute Gasteiger partial charge is 0.481 e. The number of carboxylic acid groups (broad SMARTS) is 3. The van der Waals surface area contributed by atoms with Crippen LogP contribution in [0.2, 0.25) is 0 Å². The van der Waals surface area contributed by atoms with Gasteiger partial charge in [0.1, 0.15) is 18.1 Å². The summed E-state index contributed by atoms with van der Waals surface area (Å²) >= 11 is 0. The Balaban J connectivity index is 4.84. The molecule has 0 radical (unpaired) electrons. The molecule has 28 heavy (non-hydrogen) atoms. The fourth-order valence-electron chi connectivity index (χ4n) is 1.80. The molecule has 4 unspecified atom stereocenters. The number of aliphatic hydroxyl groups is 1. The lowest BCUT2D eigenvalue weighted by Crippen LogP contribution is -2.57. The van der Waals surface area contributed by atoms with Crippen molar-refractivity contribution in [2.24, 2.45) is 5.73 Å². The molecule has 4 atom stereocenters. The van der Waals surface area contributed by atoms with Crippen molar-refractivity contribution >= 4 is 35.6 Å². The van der Waals surface area contributed by atoms with Crippen molar-refractivity contribution in [2.75, 3.05) is 6.61 Å². The summed E-state index contributed by atoms with van der Waals surface area (Å²) in [6, 6.07) is -6.11. The van der Waals surface area contributed by atoms with Crippen LogP contribution in [0.5, 0.6) is 0 Å². The molecular weight excluding hydrogens is 384 g/mol. The third-order valence-corrected chi connectivity index (χ3v) is 3.29. The minimum atomic E-state index is -1.73. The maximum atomic E-state index is 12.0. The molecule has 0 aliphatic carbocycles. The number of hydrogen-bond donors (Lipinski definition) is 8. The van der Waals surface area contributed by atoms with Crippen LogP contribution in [-0.4, -0.2) is 86.8 Å². The standard InChI is InChI=1S/C14H22N4O10/c1-5(11(24)17-7(14(27)28)3-10(22)23)16-13(26)8(4-19)18-12(25)6(15)2-9(20)21/h5-8,19H,2-4,15H2,1H3,(H,16,26)(H,17,24)(H,18,25)(H,20,21)(H,22,23)(H,27,28). The quantitative estimate of drug-likeness (QED) is 0.154. The molecular formula is C14H22N4O10. The van der Waals surface area contributed by atoms with Crippen molar-refractivity contribution in [3.05, 3.63) is 0 Å². The van der Waals surface area contributed by atoms with Gasteiger partial charge in [-0.25, -0.2) is 4.79 Å². The fraction of sp³-hybridized carbons (Fsp3) is 0.571. The van der Waals surface area contributed by atoms with Gasteiger partial charge in [0.05, 0.1) is 25.5 Å². The van der Waals surface area contributed by atoms with Crippen molar-refractivity contribution in [2.45, 2.75) is 43.9 Å². The van der Waals surface area contributed by atoms with Gasteiger partial charge in [-0.15, -0.1) is 0 Å². The highest BCUT2D eigenvalue weighted by atomic mass is 16.4. The van der Waals surface area contributed by atoms with E-state index in [1.54, 1.807) is 0 Å². The summed E-state index contributed by atoms with van der Waals surface area (Å²) in [7, 11) is 0. The molecule has 0 aliphatic heterocycles. The van der Waals surface area contributed by atoms with Gasteiger partial charge in [0.2, 0.25) is 17.7 Å². The molecule has 0 saturated heterocycles. The van der Waals surface area contributed by atoms with E-state index in [0.717, 1.165) is 6.92 Å². The molecule has 0 aromatic heterocycles. The van der Waals surface area contributed by atoms with Gasteiger partial charge in [-0.2, -0.15) is 0 Å². The highest BCUT2D eigenvalue weighted by Crippen LogP contribution is 1.96. The smallest absolute Gasteiger partial charge is 0.326 e. The Morgan fingerprint density at radius 3 is 1.71 bits per heavy atom. The number of hydrogen-bond acceptors (Lipinski definition) is 8. The van der Waals surface area contributed by atoms with E-state index in [1.807, 2.05) is 10.6 Å². The Kier molecular flexibility index (Phi) is 10.1. The molecule has 9 N–H and O–H groups in total. The third-order valence-electron chi connectivity index (χ3n) is 3.29. The van der Waals surface area contributed by atoms with Gasteiger partial charge in [0, 0.05) is 0 Å². The number of carbonyl (C=O) groups is 6. The van der Waals surface area contributed by atoms with E-state index in [2.05, 4.69) is 5.32 Å². The third kappa shape index (κ3) is 8.91. The van der Waals surface area contributed by atoms with Crippen LogP contribution in [0.1, 0.15) is 19.8 Å². The van der Waals surface area contributed by atoms with Crippen LogP contribution in [0.3, 0.4) is 0 Å². The van der Waals surface area contributed by atoms with Crippen LogP contribution in [0.15, 0.2) is 0 Å². The normalized spacial score (nSPS) is 14.7. The Hall–Kier alpha value is -3.26.